The van der Waals surface area contributed by atoms with Crippen LogP contribution in [0.15, 0.2) is 23.8 Å². The molecule has 0 saturated heterocycles. The average molecular weight is 286 g/mol. The first-order valence-electron chi connectivity index (χ1n) is 3.78. The molecule has 0 radical (unpaired) electrons. The zero-order valence-corrected chi connectivity index (χ0v) is 11.5. The Morgan fingerprint density at radius 3 is 2.42 bits per heavy atom. The summed E-state index contributed by atoms with van der Waals surface area (Å²) in [6.07, 6.45) is 11.8. The quantitative estimate of drug-likeness (QED) is 0.738. The van der Waals surface area contributed by atoms with Crippen LogP contribution in [0.2, 0.25) is 0 Å². The molecule has 0 heterocycles. The molecule has 0 N–H and O–H groups in total. The fourth-order valence-electron chi connectivity index (χ4n) is 1.08. The van der Waals surface area contributed by atoms with Crippen LogP contribution in [-0.2, 0) is 26.2 Å². The van der Waals surface area contributed by atoms with Crippen molar-refractivity contribution in [3.05, 3.63) is 23.8 Å². The summed E-state index contributed by atoms with van der Waals surface area (Å²) in [4.78, 5) is 0. The van der Waals surface area contributed by atoms with E-state index in [1.807, 2.05) is 0 Å². The summed E-state index contributed by atoms with van der Waals surface area (Å²) in [6.45, 7) is 2.24. The van der Waals surface area contributed by atoms with E-state index in [0.717, 1.165) is 0 Å². The molecule has 0 saturated carbocycles. The van der Waals surface area contributed by atoms with Crippen molar-refractivity contribution in [3.8, 4) is 0 Å². The van der Waals surface area contributed by atoms with Crippen LogP contribution in [0.25, 0.3) is 0 Å². The number of hydrogen-bond donors (Lipinski definition) is 0. The van der Waals surface area contributed by atoms with Gasteiger partial charge in [0.2, 0.25) is 0 Å². The third-order valence-corrected chi connectivity index (χ3v) is 1.70. The Morgan fingerprint density at radius 2 is 2.00 bits per heavy atom. The molecule has 3 heteroatoms. The molecular weight excluding hydrogens is 270 g/mol. The molecule has 70 valence electrons. The van der Waals surface area contributed by atoms with E-state index in [0.29, 0.717) is 0 Å². The van der Waals surface area contributed by atoms with Gasteiger partial charge in [0, 0.05) is 26.2 Å². The zero-order chi connectivity index (χ0) is 6.53. The minimum Gasteiger partial charge on any atom is -0.147 e. The van der Waals surface area contributed by atoms with E-state index in [1.165, 1.54) is 25.7 Å². The van der Waals surface area contributed by atoms with Gasteiger partial charge in [0.15, 0.2) is 0 Å². The Morgan fingerprint density at radius 1 is 1.33 bits per heavy atom. The van der Waals surface area contributed by atoms with Crippen LogP contribution >= 0.6 is 24.8 Å². The van der Waals surface area contributed by atoms with Crippen LogP contribution < -0.4 is 0 Å². The fourth-order valence-corrected chi connectivity index (χ4v) is 1.08. The number of allylic oxidation sites excluding steroid dienone is 4. The van der Waals surface area contributed by atoms with Crippen molar-refractivity contribution >= 4 is 24.8 Å². The first-order chi connectivity index (χ1) is 4.43. The molecule has 1 aliphatic rings. The second kappa shape index (κ2) is 11.9. The van der Waals surface area contributed by atoms with Crippen molar-refractivity contribution in [2.75, 3.05) is 0 Å². The van der Waals surface area contributed by atoms with Gasteiger partial charge in [-0.25, -0.2) is 0 Å². The molecule has 12 heavy (non-hydrogen) atoms. The number of hydrogen-bond acceptors (Lipinski definition) is 0. The van der Waals surface area contributed by atoms with Gasteiger partial charge in [-0.3, -0.25) is 0 Å². The molecule has 0 fully saturated rings. The third-order valence-electron chi connectivity index (χ3n) is 1.70. The van der Waals surface area contributed by atoms with Crippen molar-refractivity contribution in [3.63, 3.8) is 0 Å². The fraction of sp³-hybridized carbons (Fsp3) is 0.556. The van der Waals surface area contributed by atoms with E-state index in [4.69, 9.17) is 0 Å². The van der Waals surface area contributed by atoms with Gasteiger partial charge >= 0.3 is 0 Å². The molecule has 0 unspecified atom stereocenters. The summed E-state index contributed by atoms with van der Waals surface area (Å²) in [5.41, 5.74) is 1.61. The van der Waals surface area contributed by atoms with Crippen molar-refractivity contribution in [1.82, 2.24) is 0 Å². The number of halogens is 2. The van der Waals surface area contributed by atoms with Crippen molar-refractivity contribution in [1.29, 1.82) is 0 Å². The molecule has 0 nitrogen and oxygen atoms in total. The smallest absolute Gasteiger partial charge is 0 e. The molecule has 1 aliphatic carbocycles. The summed E-state index contributed by atoms with van der Waals surface area (Å²) in [6, 6.07) is 0. The SMILES string of the molecule is CCCCC1=CC=CC1.Cl.Cl.[Zr]. The number of unbranched alkanes of at least 4 members (excludes halogenated alkanes) is 1. The number of rotatable bonds is 3. The van der Waals surface area contributed by atoms with Crippen molar-refractivity contribution in [2.24, 2.45) is 0 Å². The van der Waals surface area contributed by atoms with Gasteiger partial charge in [0.25, 0.3) is 0 Å². The average Bonchev–Trinajstić information content (AvgIpc) is 2.34. The summed E-state index contributed by atoms with van der Waals surface area (Å²) in [7, 11) is 0. The molecule has 0 aliphatic heterocycles. The minimum atomic E-state index is 0. The Bertz CT molecular complexity index is 141. The summed E-state index contributed by atoms with van der Waals surface area (Å²) >= 11 is 0. The molecule has 0 spiro atoms. The predicted molar refractivity (Wildman–Crippen MR) is 55.9 cm³/mol. The molecular formula is C9H16Cl2Zr. The topological polar surface area (TPSA) is 0 Å². The third kappa shape index (κ3) is 7.58. The maximum atomic E-state index is 2.25. The maximum absolute atomic E-state index is 2.25. The van der Waals surface area contributed by atoms with Gasteiger partial charge in [0.1, 0.15) is 0 Å². The van der Waals surface area contributed by atoms with E-state index in [1.54, 1.807) is 5.57 Å². The van der Waals surface area contributed by atoms with Gasteiger partial charge < -0.3 is 0 Å². The Balaban J connectivity index is -0.000000270. The zero-order valence-electron chi connectivity index (χ0n) is 7.38. The Hall–Kier alpha value is 0.943. The van der Waals surface area contributed by atoms with Gasteiger partial charge in [-0.05, 0) is 19.3 Å². The second-order valence-corrected chi connectivity index (χ2v) is 2.56. The largest absolute Gasteiger partial charge is 0.147 e. The van der Waals surface area contributed by atoms with Crippen molar-refractivity contribution < 1.29 is 26.2 Å². The van der Waals surface area contributed by atoms with Crippen LogP contribution in [0, 0.1) is 0 Å². The Labute approximate surface area is 107 Å². The first kappa shape index (κ1) is 18.7. The standard InChI is InChI=1S/C9H14.2ClH.Zr/c1-2-3-6-9-7-4-5-8-9;;;/h4-5,7H,2-3,6,8H2,1H3;2*1H;. The Kier molecular flexibility index (Phi) is 18.6. The van der Waals surface area contributed by atoms with Gasteiger partial charge in [-0.1, -0.05) is 37.1 Å². The van der Waals surface area contributed by atoms with Crippen LogP contribution in [0.5, 0.6) is 0 Å². The first-order valence-corrected chi connectivity index (χ1v) is 3.78. The second-order valence-electron chi connectivity index (χ2n) is 2.56. The van der Waals surface area contributed by atoms with E-state index in [9.17, 15) is 0 Å². The van der Waals surface area contributed by atoms with E-state index < -0.39 is 0 Å². The van der Waals surface area contributed by atoms with Gasteiger partial charge in [0.05, 0.1) is 0 Å². The van der Waals surface area contributed by atoms with E-state index in [2.05, 4.69) is 25.2 Å². The van der Waals surface area contributed by atoms with E-state index >= 15 is 0 Å². The monoisotopic (exact) mass is 284 g/mol. The maximum Gasteiger partial charge on any atom is 0 e. The van der Waals surface area contributed by atoms with Gasteiger partial charge in [-0.2, -0.15) is 0 Å². The molecule has 0 aromatic heterocycles. The van der Waals surface area contributed by atoms with E-state index in [-0.39, 0.29) is 51.0 Å². The van der Waals surface area contributed by atoms with Crippen molar-refractivity contribution in [2.45, 2.75) is 32.6 Å². The van der Waals surface area contributed by atoms with Crippen LogP contribution in [0.1, 0.15) is 32.6 Å². The normalized spacial score (nSPS) is 12.2. The van der Waals surface area contributed by atoms with Crippen LogP contribution in [0.3, 0.4) is 0 Å². The molecule has 0 aromatic carbocycles. The van der Waals surface area contributed by atoms with Gasteiger partial charge in [-0.15, -0.1) is 24.8 Å². The summed E-state index contributed by atoms with van der Waals surface area (Å²) < 4.78 is 0. The molecule has 0 aromatic rings. The van der Waals surface area contributed by atoms with Crippen LogP contribution in [-0.4, -0.2) is 0 Å². The molecule has 1 rings (SSSR count). The minimum absolute atomic E-state index is 0. The molecule has 0 amide bonds. The molecule has 0 atom stereocenters. The summed E-state index contributed by atoms with van der Waals surface area (Å²) in [5, 5.41) is 0. The summed E-state index contributed by atoms with van der Waals surface area (Å²) in [5.74, 6) is 0. The molecule has 0 bridgehead atoms. The predicted octanol–water partition coefficient (Wildman–Crippen LogP) is 3.90. The van der Waals surface area contributed by atoms with Crippen LogP contribution in [0.4, 0.5) is 0 Å².